The number of piperidine rings is 2. The van der Waals surface area contributed by atoms with Crippen LogP contribution in [0, 0.1) is 0 Å². The highest BCUT2D eigenvalue weighted by molar-refractivity contribution is 6.31. The van der Waals surface area contributed by atoms with Gasteiger partial charge in [0.1, 0.15) is 6.61 Å². The van der Waals surface area contributed by atoms with Gasteiger partial charge in [-0.1, -0.05) is 29.8 Å². The molecule has 9 nitrogen and oxygen atoms in total. The van der Waals surface area contributed by atoms with Crippen LogP contribution < -0.4 is 24.7 Å². The Balaban J connectivity index is 1.29. The number of ether oxygens (including phenoxy) is 2. The molecule has 2 aromatic carbocycles. The number of benzene rings is 2. The minimum Gasteiger partial charge on any atom is -0.493 e. The molecule has 3 heterocycles. The Morgan fingerprint density at radius 2 is 1.53 bits per heavy atom. The number of anilines is 3. The van der Waals surface area contributed by atoms with Crippen LogP contribution in [0.15, 0.2) is 47.6 Å². The first-order valence-corrected chi connectivity index (χ1v) is 13.7. The zero-order chi connectivity index (χ0) is 26.2. The number of hydrazone groups is 1. The molecule has 2 fully saturated rings. The average molecular weight is 536 g/mol. The Bertz CT molecular complexity index is 1210. The summed E-state index contributed by atoms with van der Waals surface area (Å²) in [6, 6.07) is 13.3. The smallest absolute Gasteiger partial charge is 0.250 e. The van der Waals surface area contributed by atoms with Gasteiger partial charge in [0, 0.05) is 36.8 Å². The van der Waals surface area contributed by atoms with Crippen LogP contribution in [0.2, 0.25) is 5.02 Å². The highest BCUT2D eigenvalue weighted by atomic mass is 35.5. The number of halogens is 1. The molecule has 200 valence electrons. The standard InChI is InChI=1S/C28H34ClN7O2/c1-37-25-18-21(12-13-24(25)38-20-22-10-4-5-11-23(22)29)19-30-34-26-31-27(35-14-6-2-7-15-35)33-28(32-26)36-16-8-3-9-17-36/h4-5,10-13,18-19H,2-3,6-9,14-17,20H2,1H3,(H,31,32,33,34)/b30-19-. The molecule has 0 aliphatic carbocycles. The summed E-state index contributed by atoms with van der Waals surface area (Å²) in [7, 11) is 1.62. The normalized spacial score (nSPS) is 16.1. The number of hydrogen-bond donors (Lipinski definition) is 1. The molecule has 0 saturated carbocycles. The van der Waals surface area contributed by atoms with Crippen molar-refractivity contribution in [1.82, 2.24) is 15.0 Å². The van der Waals surface area contributed by atoms with E-state index in [1.165, 1.54) is 12.8 Å². The Labute approximate surface area is 228 Å². The van der Waals surface area contributed by atoms with E-state index < -0.39 is 0 Å². The fourth-order valence-corrected chi connectivity index (χ4v) is 4.88. The summed E-state index contributed by atoms with van der Waals surface area (Å²) in [5.74, 6) is 3.14. The van der Waals surface area contributed by atoms with Crippen molar-refractivity contribution in [2.45, 2.75) is 45.1 Å². The molecule has 1 aromatic heterocycles. The van der Waals surface area contributed by atoms with Crippen molar-refractivity contribution in [3.63, 3.8) is 0 Å². The van der Waals surface area contributed by atoms with Gasteiger partial charge in [0.05, 0.1) is 13.3 Å². The number of aromatic nitrogens is 3. The second-order valence-electron chi connectivity index (χ2n) is 9.51. The van der Waals surface area contributed by atoms with Crippen LogP contribution in [0.1, 0.15) is 49.7 Å². The first-order chi connectivity index (χ1) is 18.7. The molecule has 1 N–H and O–H groups in total. The lowest BCUT2D eigenvalue weighted by molar-refractivity contribution is 0.284. The molecule has 0 amide bonds. The molecule has 0 radical (unpaired) electrons. The van der Waals surface area contributed by atoms with Gasteiger partial charge in [0.15, 0.2) is 11.5 Å². The van der Waals surface area contributed by atoms with Crippen LogP contribution in [-0.2, 0) is 6.61 Å². The van der Waals surface area contributed by atoms with Gasteiger partial charge in [-0.2, -0.15) is 20.1 Å². The lowest BCUT2D eigenvalue weighted by Gasteiger charge is -2.30. The maximum absolute atomic E-state index is 6.25. The largest absolute Gasteiger partial charge is 0.493 e. The van der Waals surface area contributed by atoms with E-state index in [1.807, 2.05) is 42.5 Å². The highest BCUT2D eigenvalue weighted by Crippen LogP contribution is 2.29. The molecule has 0 bridgehead atoms. The zero-order valence-electron chi connectivity index (χ0n) is 21.8. The quantitative estimate of drug-likeness (QED) is 0.282. The van der Waals surface area contributed by atoms with Crippen molar-refractivity contribution in [3.8, 4) is 11.5 Å². The van der Waals surface area contributed by atoms with Crippen molar-refractivity contribution in [2.24, 2.45) is 5.10 Å². The molecule has 2 aliphatic heterocycles. The molecule has 0 atom stereocenters. The van der Waals surface area contributed by atoms with Crippen molar-refractivity contribution in [1.29, 1.82) is 0 Å². The number of methoxy groups -OCH3 is 1. The second kappa shape index (κ2) is 12.8. The van der Waals surface area contributed by atoms with Crippen LogP contribution in [0.3, 0.4) is 0 Å². The third kappa shape index (κ3) is 6.64. The van der Waals surface area contributed by atoms with Crippen molar-refractivity contribution >= 4 is 35.7 Å². The van der Waals surface area contributed by atoms with Gasteiger partial charge in [0.25, 0.3) is 0 Å². The van der Waals surface area contributed by atoms with E-state index in [0.717, 1.165) is 74.9 Å². The lowest BCUT2D eigenvalue weighted by atomic mass is 10.1. The van der Waals surface area contributed by atoms with Gasteiger partial charge in [0.2, 0.25) is 17.8 Å². The third-order valence-electron chi connectivity index (χ3n) is 6.80. The molecular weight excluding hydrogens is 502 g/mol. The predicted octanol–water partition coefficient (Wildman–Crippen LogP) is 5.54. The van der Waals surface area contributed by atoms with Crippen LogP contribution >= 0.6 is 11.6 Å². The summed E-state index contributed by atoms with van der Waals surface area (Å²) in [5.41, 5.74) is 4.79. The first kappa shape index (κ1) is 26.0. The number of nitrogens with zero attached hydrogens (tertiary/aromatic N) is 6. The van der Waals surface area contributed by atoms with Gasteiger partial charge in [-0.05, 0) is 68.4 Å². The lowest BCUT2D eigenvalue weighted by Crippen LogP contribution is -2.34. The molecule has 0 unspecified atom stereocenters. The molecular formula is C28H34ClN7O2. The molecule has 3 aromatic rings. The van der Waals surface area contributed by atoms with Gasteiger partial charge in [-0.25, -0.2) is 5.43 Å². The van der Waals surface area contributed by atoms with Gasteiger partial charge in [-0.15, -0.1) is 0 Å². The fraction of sp³-hybridized carbons (Fsp3) is 0.429. The maximum Gasteiger partial charge on any atom is 0.250 e. The average Bonchev–Trinajstić information content (AvgIpc) is 2.98. The Hall–Kier alpha value is -3.59. The Morgan fingerprint density at radius 1 is 0.868 bits per heavy atom. The molecule has 2 saturated heterocycles. The van der Waals surface area contributed by atoms with Crippen LogP contribution in [0.4, 0.5) is 17.8 Å². The van der Waals surface area contributed by atoms with Gasteiger partial charge < -0.3 is 19.3 Å². The third-order valence-corrected chi connectivity index (χ3v) is 7.17. The summed E-state index contributed by atoms with van der Waals surface area (Å²) in [6.45, 7) is 4.23. The molecule has 38 heavy (non-hydrogen) atoms. The summed E-state index contributed by atoms with van der Waals surface area (Å²) in [5, 5.41) is 5.09. The Morgan fingerprint density at radius 3 is 2.16 bits per heavy atom. The molecule has 0 spiro atoms. The van der Waals surface area contributed by atoms with Crippen molar-refractivity contribution in [3.05, 3.63) is 58.6 Å². The fourth-order valence-electron chi connectivity index (χ4n) is 4.69. The van der Waals surface area contributed by atoms with Gasteiger partial charge >= 0.3 is 0 Å². The zero-order valence-corrected chi connectivity index (χ0v) is 22.5. The van der Waals surface area contributed by atoms with E-state index in [-0.39, 0.29) is 0 Å². The molecule has 5 rings (SSSR count). The highest BCUT2D eigenvalue weighted by Gasteiger charge is 2.20. The van der Waals surface area contributed by atoms with E-state index in [0.29, 0.717) is 29.1 Å². The van der Waals surface area contributed by atoms with E-state index >= 15 is 0 Å². The minimum atomic E-state index is 0.350. The van der Waals surface area contributed by atoms with Crippen molar-refractivity contribution < 1.29 is 9.47 Å². The monoisotopic (exact) mass is 535 g/mol. The van der Waals surface area contributed by atoms with E-state index in [9.17, 15) is 0 Å². The SMILES string of the molecule is COc1cc(/C=N\Nc2nc(N3CCCCC3)nc(N3CCCCC3)n2)ccc1OCc1ccccc1Cl. The van der Waals surface area contributed by atoms with Crippen LogP contribution in [-0.4, -0.2) is 54.5 Å². The topological polar surface area (TPSA) is 88.0 Å². The van der Waals surface area contributed by atoms with E-state index in [1.54, 1.807) is 13.3 Å². The van der Waals surface area contributed by atoms with Crippen LogP contribution in [0.5, 0.6) is 11.5 Å². The van der Waals surface area contributed by atoms with Crippen LogP contribution in [0.25, 0.3) is 0 Å². The number of hydrogen-bond acceptors (Lipinski definition) is 9. The Kier molecular flexibility index (Phi) is 8.75. The number of nitrogens with one attached hydrogen (secondary N) is 1. The van der Waals surface area contributed by atoms with E-state index in [2.05, 4.69) is 30.3 Å². The molecule has 10 heteroatoms. The van der Waals surface area contributed by atoms with Crippen molar-refractivity contribution in [2.75, 3.05) is 48.5 Å². The number of rotatable bonds is 9. The minimum absolute atomic E-state index is 0.350. The van der Waals surface area contributed by atoms with Gasteiger partial charge in [-0.3, -0.25) is 0 Å². The molecule has 2 aliphatic rings. The summed E-state index contributed by atoms with van der Waals surface area (Å²) in [6.07, 6.45) is 8.85. The second-order valence-corrected chi connectivity index (χ2v) is 9.92. The predicted molar refractivity (Wildman–Crippen MR) is 152 cm³/mol. The maximum atomic E-state index is 6.25. The summed E-state index contributed by atoms with van der Waals surface area (Å²) < 4.78 is 11.5. The van der Waals surface area contributed by atoms with E-state index in [4.69, 9.17) is 26.1 Å². The summed E-state index contributed by atoms with van der Waals surface area (Å²) >= 11 is 6.25. The first-order valence-electron chi connectivity index (χ1n) is 13.3. The summed E-state index contributed by atoms with van der Waals surface area (Å²) in [4.78, 5) is 18.7.